The zero-order valence-corrected chi connectivity index (χ0v) is 13.2. The van der Waals surface area contributed by atoms with Crippen LogP contribution >= 0.6 is 12.2 Å². The van der Waals surface area contributed by atoms with Crippen LogP contribution in [0.25, 0.3) is 17.4 Å². The molecule has 1 amide bonds. The number of nitro groups is 1. The maximum absolute atomic E-state index is 11.6. The SMILES string of the molecule is COc1ccc(-c2ccc(/C=C3/NC(=S)NC3=O)o2)cc1[N+](=O)[O-]. The summed E-state index contributed by atoms with van der Waals surface area (Å²) in [7, 11) is 1.36. The van der Waals surface area contributed by atoms with Crippen LogP contribution in [-0.2, 0) is 4.79 Å². The van der Waals surface area contributed by atoms with Crippen LogP contribution in [0, 0.1) is 10.1 Å². The third kappa shape index (κ3) is 2.97. The Morgan fingerprint density at radius 2 is 2.08 bits per heavy atom. The number of hydrogen-bond acceptors (Lipinski definition) is 6. The Kier molecular flexibility index (Phi) is 4.00. The van der Waals surface area contributed by atoms with Gasteiger partial charge in [0.25, 0.3) is 5.91 Å². The number of ether oxygens (including phenoxy) is 1. The van der Waals surface area contributed by atoms with Gasteiger partial charge in [-0.15, -0.1) is 0 Å². The van der Waals surface area contributed by atoms with E-state index in [1.807, 2.05) is 0 Å². The van der Waals surface area contributed by atoms with E-state index in [9.17, 15) is 14.9 Å². The van der Waals surface area contributed by atoms with Crippen LogP contribution in [-0.4, -0.2) is 23.1 Å². The number of hydrogen-bond donors (Lipinski definition) is 2. The van der Waals surface area contributed by atoms with Gasteiger partial charge >= 0.3 is 5.69 Å². The van der Waals surface area contributed by atoms with Gasteiger partial charge in [-0.1, -0.05) is 0 Å². The van der Waals surface area contributed by atoms with Crippen LogP contribution in [0.3, 0.4) is 0 Å². The van der Waals surface area contributed by atoms with Crippen molar-refractivity contribution in [3.05, 3.63) is 51.9 Å². The Morgan fingerprint density at radius 3 is 2.71 bits per heavy atom. The molecule has 2 N–H and O–H groups in total. The van der Waals surface area contributed by atoms with Gasteiger partial charge in [0.05, 0.1) is 12.0 Å². The van der Waals surface area contributed by atoms with Crippen LogP contribution < -0.4 is 15.4 Å². The van der Waals surface area contributed by atoms with Gasteiger partial charge in [-0.25, -0.2) is 0 Å². The molecule has 122 valence electrons. The highest BCUT2D eigenvalue weighted by Gasteiger charge is 2.21. The predicted octanol–water partition coefficient (Wildman–Crippen LogP) is 2.21. The Bertz CT molecular complexity index is 887. The molecule has 0 radical (unpaired) electrons. The fourth-order valence-corrected chi connectivity index (χ4v) is 2.40. The van der Waals surface area contributed by atoms with Crippen molar-refractivity contribution in [2.24, 2.45) is 0 Å². The molecule has 1 aliphatic rings. The molecule has 9 heteroatoms. The minimum Gasteiger partial charge on any atom is -0.490 e. The molecular formula is C15H11N3O5S. The molecule has 0 aliphatic carbocycles. The Morgan fingerprint density at radius 1 is 1.29 bits per heavy atom. The first-order valence-electron chi connectivity index (χ1n) is 6.74. The van der Waals surface area contributed by atoms with E-state index >= 15 is 0 Å². The first kappa shape index (κ1) is 15.7. The molecule has 0 bridgehead atoms. The number of methoxy groups -OCH3 is 1. The largest absolute Gasteiger partial charge is 0.490 e. The average Bonchev–Trinajstić information content (AvgIpc) is 3.13. The fraction of sp³-hybridized carbons (Fsp3) is 0.0667. The number of thiocarbonyl (C=S) groups is 1. The van der Waals surface area contributed by atoms with Crippen molar-refractivity contribution in [3.8, 4) is 17.1 Å². The number of nitrogens with zero attached hydrogens (tertiary/aromatic N) is 1. The van der Waals surface area contributed by atoms with Gasteiger partial charge < -0.3 is 14.5 Å². The van der Waals surface area contributed by atoms with Crippen molar-refractivity contribution < 1.29 is 18.9 Å². The molecule has 0 unspecified atom stereocenters. The number of benzene rings is 1. The van der Waals surface area contributed by atoms with E-state index in [1.165, 1.54) is 25.3 Å². The molecule has 3 rings (SSSR count). The summed E-state index contributed by atoms with van der Waals surface area (Å²) in [5.41, 5.74) is 0.626. The van der Waals surface area contributed by atoms with Gasteiger partial charge in [0.2, 0.25) is 0 Å². The topological polar surface area (TPSA) is 107 Å². The normalized spacial score (nSPS) is 15.3. The fourth-order valence-electron chi connectivity index (χ4n) is 2.20. The van der Waals surface area contributed by atoms with Crippen molar-refractivity contribution in [2.75, 3.05) is 7.11 Å². The molecule has 1 saturated heterocycles. The summed E-state index contributed by atoms with van der Waals surface area (Å²) in [5.74, 6) is 0.649. The van der Waals surface area contributed by atoms with Crippen LogP contribution in [0.1, 0.15) is 5.76 Å². The molecule has 2 aromatic rings. The first-order valence-corrected chi connectivity index (χ1v) is 7.15. The Balaban J connectivity index is 1.92. The molecule has 0 saturated carbocycles. The quantitative estimate of drug-likeness (QED) is 0.379. The molecule has 0 atom stereocenters. The van der Waals surface area contributed by atoms with E-state index in [0.29, 0.717) is 17.1 Å². The summed E-state index contributed by atoms with van der Waals surface area (Å²) in [4.78, 5) is 22.2. The van der Waals surface area contributed by atoms with Crippen molar-refractivity contribution in [2.45, 2.75) is 0 Å². The van der Waals surface area contributed by atoms with Crippen molar-refractivity contribution in [1.29, 1.82) is 0 Å². The second kappa shape index (κ2) is 6.13. The minimum absolute atomic E-state index is 0.159. The maximum atomic E-state index is 11.6. The molecule has 0 spiro atoms. The summed E-state index contributed by atoms with van der Waals surface area (Å²) < 4.78 is 10.6. The molecule has 1 aliphatic heterocycles. The van der Waals surface area contributed by atoms with Gasteiger partial charge in [0, 0.05) is 17.7 Å². The lowest BCUT2D eigenvalue weighted by molar-refractivity contribution is -0.385. The number of rotatable bonds is 4. The van der Waals surface area contributed by atoms with Crippen LogP contribution in [0.4, 0.5) is 5.69 Å². The third-order valence-corrected chi connectivity index (χ3v) is 3.50. The standard InChI is InChI=1S/C15H11N3O5S/c1-22-13-4-2-8(6-11(13)18(20)21)12-5-3-9(23-12)7-10-14(19)17-15(24)16-10/h2-7H,1H3,(H2,16,17,19,24)/b10-7+. The van der Waals surface area contributed by atoms with E-state index in [1.54, 1.807) is 18.2 Å². The van der Waals surface area contributed by atoms with Gasteiger partial charge in [-0.3, -0.25) is 20.2 Å². The summed E-state index contributed by atoms with van der Waals surface area (Å²) in [5, 5.41) is 16.5. The highest BCUT2D eigenvalue weighted by molar-refractivity contribution is 7.80. The molecule has 2 heterocycles. The zero-order chi connectivity index (χ0) is 17.3. The lowest BCUT2D eigenvalue weighted by Gasteiger charge is -2.03. The van der Waals surface area contributed by atoms with E-state index in [4.69, 9.17) is 21.4 Å². The van der Waals surface area contributed by atoms with Gasteiger partial charge in [-0.2, -0.15) is 0 Å². The number of nitrogens with one attached hydrogen (secondary N) is 2. The highest BCUT2D eigenvalue weighted by Crippen LogP contribution is 2.33. The smallest absolute Gasteiger partial charge is 0.311 e. The lowest BCUT2D eigenvalue weighted by atomic mass is 10.1. The number of nitro benzene ring substituents is 1. The van der Waals surface area contributed by atoms with Gasteiger partial charge in [0.1, 0.15) is 17.2 Å². The summed E-state index contributed by atoms with van der Waals surface area (Å²) in [6.45, 7) is 0. The maximum Gasteiger partial charge on any atom is 0.311 e. The molecule has 1 aromatic heterocycles. The lowest BCUT2D eigenvalue weighted by Crippen LogP contribution is -2.21. The van der Waals surface area contributed by atoms with Crippen LogP contribution in [0.5, 0.6) is 5.75 Å². The number of amides is 1. The molecular weight excluding hydrogens is 334 g/mol. The van der Waals surface area contributed by atoms with Crippen molar-refractivity contribution in [3.63, 3.8) is 0 Å². The van der Waals surface area contributed by atoms with Crippen molar-refractivity contribution >= 4 is 35.0 Å². The van der Waals surface area contributed by atoms with Gasteiger partial charge in [0.15, 0.2) is 10.9 Å². The second-order valence-corrected chi connectivity index (χ2v) is 5.22. The summed E-state index contributed by atoms with van der Waals surface area (Å²) in [6, 6.07) is 7.82. The minimum atomic E-state index is -0.526. The third-order valence-electron chi connectivity index (χ3n) is 3.29. The summed E-state index contributed by atoms with van der Waals surface area (Å²) in [6.07, 6.45) is 1.50. The predicted molar refractivity (Wildman–Crippen MR) is 89.2 cm³/mol. The number of carbonyl (C=O) groups excluding carboxylic acids is 1. The Labute approximate surface area is 141 Å². The van der Waals surface area contributed by atoms with E-state index < -0.39 is 4.92 Å². The Hall–Kier alpha value is -3.20. The number of furan rings is 1. The molecule has 1 aromatic carbocycles. The highest BCUT2D eigenvalue weighted by atomic mass is 32.1. The second-order valence-electron chi connectivity index (χ2n) is 4.81. The van der Waals surface area contributed by atoms with Crippen molar-refractivity contribution in [1.82, 2.24) is 10.6 Å². The van der Waals surface area contributed by atoms with E-state index in [2.05, 4.69) is 10.6 Å². The molecule has 1 fully saturated rings. The van der Waals surface area contributed by atoms with E-state index in [-0.39, 0.29) is 28.2 Å². The average molecular weight is 345 g/mol. The molecule has 24 heavy (non-hydrogen) atoms. The first-order chi connectivity index (χ1) is 11.5. The zero-order valence-electron chi connectivity index (χ0n) is 12.4. The number of carbonyl (C=O) groups is 1. The molecule has 8 nitrogen and oxygen atoms in total. The van der Waals surface area contributed by atoms with Crippen LogP contribution in [0.2, 0.25) is 0 Å². The summed E-state index contributed by atoms with van der Waals surface area (Å²) >= 11 is 4.84. The monoisotopic (exact) mass is 345 g/mol. The van der Waals surface area contributed by atoms with Crippen LogP contribution in [0.15, 0.2) is 40.4 Å². The van der Waals surface area contributed by atoms with Gasteiger partial charge in [-0.05, 0) is 36.5 Å². The van der Waals surface area contributed by atoms with E-state index in [0.717, 1.165) is 0 Å².